The van der Waals surface area contributed by atoms with E-state index < -0.39 is 0 Å². The third kappa shape index (κ3) is 3.94. The third-order valence-corrected chi connectivity index (χ3v) is 6.41. The van der Waals surface area contributed by atoms with Crippen molar-refractivity contribution >= 4 is 22.9 Å². The topological polar surface area (TPSA) is 111 Å². The van der Waals surface area contributed by atoms with Gasteiger partial charge in [-0.05, 0) is 38.8 Å². The second kappa shape index (κ2) is 8.64. The van der Waals surface area contributed by atoms with E-state index in [1.807, 2.05) is 42.9 Å². The largest absolute Gasteiger partial charge is 0.378 e. The molecule has 1 aliphatic carbocycles. The summed E-state index contributed by atoms with van der Waals surface area (Å²) in [5.74, 6) is -0.286. The van der Waals surface area contributed by atoms with Gasteiger partial charge in [-0.15, -0.1) is 11.3 Å². The van der Waals surface area contributed by atoms with Gasteiger partial charge in [-0.2, -0.15) is 10.2 Å². The van der Waals surface area contributed by atoms with Crippen molar-refractivity contribution in [2.45, 2.75) is 38.8 Å². The van der Waals surface area contributed by atoms with E-state index in [1.165, 1.54) is 11.3 Å². The van der Waals surface area contributed by atoms with E-state index in [1.54, 1.807) is 17.8 Å². The Bertz CT molecular complexity index is 1220. The van der Waals surface area contributed by atoms with Crippen LogP contribution in [0.5, 0.6) is 0 Å². The summed E-state index contributed by atoms with van der Waals surface area (Å²) >= 11 is 1.41. The Morgan fingerprint density at radius 1 is 1.38 bits per heavy atom. The number of thiazole rings is 1. The van der Waals surface area contributed by atoms with Gasteiger partial charge in [0, 0.05) is 30.6 Å². The highest BCUT2D eigenvalue weighted by Crippen LogP contribution is 2.37. The van der Waals surface area contributed by atoms with Crippen molar-refractivity contribution in [3.8, 4) is 22.0 Å². The Morgan fingerprint density at radius 3 is 2.97 bits per heavy atom. The third-order valence-electron chi connectivity index (χ3n) is 5.53. The van der Waals surface area contributed by atoms with Crippen LogP contribution in [0.1, 0.15) is 42.0 Å². The summed E-state index contributed by atoms with van der Waals surface area (Å²) in [5, 5.41) is 17.2. The number of H-pyrrole nitrogens is 1. The minimum atomic E-state index is -0.286. The lowest BCUT2D eigenvalue weighted by molar-refractivity contribution is -0.0226. The standard InChI is InChI=1S/C22H23N7O2S/c1-3-31-15-8-14(9-15)29-11-18(20(28-29)17-6-4-5-7-23-17)25-21(30)19-12-32-22(26-19)16-10-24-27-13(16)2/h4-7,10-12,14-15H,3,8-9H2,1-2H3,(H,24,27)(H,25,30). The molecule has 0 aromatic carbocycles. The fourth-order valence-corrected chi connectivity index (χ4v) is 4.62. The Labute approximate surface area is 188 Å². The van der Waals surface area contributed by atoms with E-state index >= 15 is 0 Å². The van der Waals surface area contributed by atoms with Gasteiger partial charge >= 0.3 is 0 Å². The van der Waals surface area contributed by atoms with E-state index in [2.05, 4.69) is 25.5 Å². The molecule has 1 fully saturated rings. The summed E-state index contributed by atoms with van der Waals surface area (Å²) in [6.45, 7) is 4.62. The number of aromatic nitrogens is 6. The molecule has 0 bridgehead atoms. The number of pyridine rings is 1. The van der Waals surface area contributed by atoms with Crippen LogP contribution >= 0.6 is 11.3 Å². The van der Waals surface area contributed by atoms with Gasteiger partial charge in [-0.3, -0.25) is 19.6 Å². The van der Waals surface area contributed by atoms with Crippen LogP contribution in [0.25, 0.3) is 22.0 Å². The van der Waals surface area contributed by atoms with Crippen LogP contribution in [0.3, 0.4) is 0 Å². The van der Waals surface area contributed by atoms with Crippen LogP contribution in [-0.4, -0.2) is 48.6 Å². The average molecular weight is 450 g/mol. The number of nitrogens with zero attached hydrogens (tertiary/aromatic N) is 5. The number of aryl methyl sites for hydroxylation is 1. The van der Waals surface area contributed by atoms with Crippen molar-refractivity contribution in [3.05, 3.63) is 53.6 Å². The molecule has 164 valence electrons. The van der Waals surface area contributed by atoms with Gasteiger partial charge in [-0.25, -0.2) is 4.98 Å². The van der Waals surface area contributed by atoms with Gasteiger partial charge in [0.05, 0.1) is 34.8 Å². The molecule has 0 radical (unpaired) electrons. The van der Waals surface area contributed by atoms with Gasteiger partial charge in [-0.1, -0.05) is 6.07 Å². The zero-order valence-corrected chi connectivity index (χ0v) is 18.6. The molecule has 0 aliphatic heterocycles. The number of rotatable bonds is 7. The molecular formula is C22H23N7O2S. The van der Waals surface area contributed by atoms with Gasteiger partial charge in [0.1, 0.15) is 16.4 Å². The molecule has 2 N–H and O–H groups in total. The number of amides is 1. The number of anilines is 1. The lowest BCUT2D eigenvalue weighted by Crippen LogP contribution is -2.33. The fraction of sp³-hybridized carbons (Fsp3) is 0.318. The summed E-state index contributed by atoms with van der Waals surface area (Å²) in [7, 11) is 0. The number of carbonyl (C=O) groups excluding carboxylic acids is 1. The fourth-order valence-electron chi connectivity index (χ4n) is 3.75. The molecule has 1 aliphatic rings. The van der Waals surface area contributed by atoms with E-state index in [-0.39, 0.29) is 18.1 Å². The summed E-state index contributed by atoms with van der Waals surface area (Å²) < 4.78 is 7.59. The average Bonchev–Trinajstić information content (AvgIpc) is 3.50. The first-order chi connectivity index (χ1) is 15.6. The molecule has 0 spiro atoms. The SMILES string of the molecule is CCOC1CC(n2cc(NC(=O)c3csc(-c4c[nH]nc4C)n3)c(-c3ccccn3)n2)C1. The molecule has 0 atom stereocenters. The monoisotopic (exact) mass is 449 g/mol. The van der Waals surface area contributed by atoms with Gasteiger partial charge in [0.2, 0.25) is 0 Å². The molecule has 1 amide bonds. The number of nitrogens with one attached hydrogen (secondary N) is 2. The molecule has 0 unspecified atom stereocenters. The van der Waals surface area contributed by atoms with E-state index in [9.17, 15) is 4.79 Å². The Kier molecular flexibility index (Phi) is 5.54. The maximum absolute atomic E-state index is 13.0. The first-order valence-corrected chi connectivity index (χ1v) is 11.4. The second-order valence-electron chi connectivity index (χ2n) is 7.67. The zero-order chi connectivity index (χ0) is 22.1. The minimum absolute atomic E-state index is 0.245. The van der Waals surface area contributed by atoms with E-state index in [4.69, 9.17) is 9.84 Å². The number of hydrogen-bond acceptors (Lipinski definition) is 7. The quantitative estimate of drug-likeness (QED) is 0.440. The number of ether oxygens (including phenoxy) is 1. The Morgan fingerprint density at radius 2 is 2.25 bits per heavy atom. The molecule has 1 saturated carbocycles. The minimum Gasteiger partial charge on any atom is -0.378 e. The van der Waals surface area contributed by atoms with Crippen LogP contribution < -0.4 is 5.32 Å². The summed E-state index contributed by atoms with van der Waals surface area (Å²) in [6, 6.07) is 5.89. The molecular weight excluding hydrogens is 426 g/mol. The van der Waals surface area contributed by atoms with Crippen molar-refractivity contribution in [1.29, 1.82) is 0 Å². The van der Waals surface area contributed by atoms with Crippen LogP contribution in [0.2, 0.25) is 0 Å². The summed E-state index contributed by atoms with van der Waals surface area (Å²) in [4.78, 5) is 21.9. The molecule has 4 heterocycles. The lowest BCUT2D eigenvalue weighted by Gasteiger charge is -2.34. The Balaban J connectivity index is 1.39. The van der Waals surface area contributed by atoms with Crippen LogP contribution in [0, 0.1) is 6.92 Å². The predicted molar refractivity (Wildman–Crippen MR) is 122 cm³/mol. The Hall–Kier alpha value is -3.37. The highest BCUT2D eigenvalue weighted by atomic mass is 32.1. The molecule has 0 saturated heterocycles. The summed E-state index contributed by atoms with van der Waals surface area (Å²) in [6.07, 6.45) is 7.46. The normalized spacial score (nSPS) is 17.8. The smallest absolute Gasteiger partial charge is 0.275 e. The molecule has 10 heteroatoms. The van der Waals surface area contributed by atoms with Crippen molar-refractivity contribution in [2.24, 2.45) is 0 Å². The second-order valence-corrected chi connectivity index (χ2v) is 8.52. The highest BCUT2D eigenvalue weighted by Gasteiger charge is 2.32. The molecule has 5 rings (SSSR count). The van der Waals surface area contributed by atoms with Crippen molar-refractivity contribution < 1.29 is 9.53 Å². The van der Waals surface area contributed by atoms with E-state index in [0.29, 0.717) is 29.4 Å². The van der Waals surface area contributed by atoms with Gasteiger partial charge in [0.25, 0.3) is 5.91 Å². The molecule has 4 aromatic heterocycles. The van der Waals surface area contributed by atoms with Crippen molar-refractivity contribution in [3.63, 3.8) is 0 Å². The highest BCUT2D eigenvalue weighted by molar-refractivity contribution is 7.13. The molecule has 32 heavy (non-hydrogen) atoms. The number of hydrogen-bond donors (Lipinski definition) is 2. The lowest BCUT2D eigenvalue weighted by atomic mass is 9.89. The van der Waals surface area contributed by atoms with Crippen LogP contribution in [0.15, 0.2) is 42.2 Å². The molecule has 9 nitrogen and oxygen atoms in total. The first-order valence-electron chi connectivity index (χ1n) is 10.5. The van der Waals surface area contributed by atoms with Crippen molar-refractivity contribution in [2.75, 3.05) is 11.9 Å². The van der Waals surface area contributed by atoms with E-state index in [0.717, 1.165) is 29.1 Å². The van der Waals surface area contributed by atoms with Gasteiger partial charge in [0.15, 0.2) is 0 Å². The van der Waals surface area contributed by atoms with Crippen LogP contribution in [-0.2, 0) is 4.74 Å². The zero-order valence-electron chi connectivity index (χ0n) is 17.8. The first kappa shape index (κ1) is 20.5. The summed E-state index contributed by atoms with van der Waals surface area (Å²) in [5.41, 5.74) is 4.05. The maximum Gasteiger partial charge on any atom is 0.275 e. The molecule has 4 aromatic rings. The number of carbonyl (C=O) groups is 1. The van der Waals surface area contributed by atoms with Gasteiger partial charge < -0.3 is 10.1 Å². The predicted octanol–water partition coefficient (Wildman–Crippen LogP) is 4.09. The van der Waals surface area contributed by atoms with Crippen molar-refractivity contribution in [1.82, 2.24) is 29.9 Å². The van der Waals surface area contributed by atoms with Crippen LogP contribution in [0.4, 0.5) is 5.69 Å². The maximum atomic E-state index is 13.0. The number of aromatic amines is 1.